The molecule has 1 nitrogen and oxygen atoms in total. The highest BCUT2D eigenvalue weighted by Gasteiger charge is 2.12. The Kier molecular flexibility index (Phi) is 5.69. The first-order valence-electron chi connectivity index (χ1n) is 5.24. The summed E-state index contributed by atoms with van der Waals surface area (Å²) in [6, 6.07) is 5.73. The molecule has 0 aliphatic heterocycles. The zero-order valence-electron chi connectivity index (χ0n) is 9.26. The van der Waals surface area contributed by atoms with Gasteiger partial charge >= 0.3 is 0 Å². The smallest absolute Gasteiger partial charge is 0.0454 e. The van der Waals surface area contributed by atoms with Crippen LogP contribution < -0.4 is 5.32 Å². The molecule has 16 heavy (non-hydrogen) atoms. The van der Waals surface area contributed by atoms with Gasteiger partial charge in [0.25, 0.3) is 0 Å². The zero-order valence-corrected chi connectivity index (χ0v) is 10.8. The number of hydrogen-bond acceptors (Lipinski definition) is 1. The van der Waals surface area contributed by atoms with Gasteiger partial charge in [-0.25, -0.2) is 0 Å². The molecule has 0 bridgehead atoms. The summed E-state index contributed by atoms with van der Waals surface area (Å²) in [5, 5.41) is 4.68. The van der Waals surface area contributed by atoms with E-state index in [1.54, 1.807) is 6.07 Å². The van der Waals surface area contributed by atoms with Crippen molar-refractivity contribution in [3.63, 3.8) is 0 Å². The summed E-state index contributed by atoms with van der Waals surface area (Å²) in [5.74, 6) is 2.64. The maximum absolute atomic E-state index is 6.14. The molecule has 1 aromatic rings. The summed E-state index contributed by atoms with van der Waals surface area (Å²) >= 11 is 12.1. The predicted octanol–water partition coefficient (Wildman–Crippen LogP) is 4.06. The Bertz CT molecular complexity index is 382. The van der Waals surface area contributed by atoms with Crippen molar-refractivity contribution in [2.24, 2.45) is 0 Å². The highest BCUT2D eigenvalue weighted by molar-refractivity contribution is 6.33. The van der Waals surface area contributed by atoms with Crippen molar-refractivity contribution in [3.05, 3.63) is 33.8 Å². The number of benzene rings is 1. The molecule has 1 aromatic carbocycles. The van der Waals surface area contributed by atoms with Crippen LogP contribution in [0.5, 0.6) is 0 Å². The van der Waals surface area contributed by atoms with Gasteiger partial charge in [0.05, 0.1) is 0 Å². The lowest BCUT2D eigenvalue weighted by Gasteiger charge is -2.17. The van der Waals surface area contributed by atoms with E-state index in [-0.39, 0.29) is 6.04 Å². The van der Waals surface area contributed by atoms with E-state index in [0.717, 1.165) is 29.8 Å². The average Bonchev–Trinajstić information content (AvgIpc) is 2.28. The van der Waals surface area contributed by atoms with Crippen molar-refractivity contribution < 1.29 is 0 Å². The van der Waals surface area contributed by atoms with Crippen LogP contribution in [0.4, 0.5) is 0 Å². The monoisotopic (exact) mass is 255 g/mol. The molecule has 0 saturated heterocycles. The molecule has 0 radical (unpaired) electrons. The van der Waals surface area contributed by atoms with E-state index < -0.39 is 0 Å². The minimum atomic E-state index is 0.208. The van der Waals surface area contributed by atoms with Crippen molar-refractivity contribution in [3.8, 4) is 12.3 Å². The predicted molar refractivity (Wildman–Crippen MR) is 70.9 cm³/mol. The molecule has 0 fully saturated rings. The number of terminal acetylenes is 1. The highest BCUT2D eigenvalue weighted by Crippen LogP contribution is 2.28. The minimum Gasteiger partial charge on any atom is -0.313 e. The third-order valence-electron chi connectivity index (χ3n) is 2.50. The molecule has 3 heteroatoms. The Morgan fingerprint density at radius 2 is 2.19 bits per heavy atom. The SMILES string of the molecule is C#CCCCC(NC)c1cc(Cl)ccc1Cl. The largest absolute Gasteiger partial charge is 0.313 e. The molecule has 1 N–H and O–H groups in total. The summed E-state index contributed by atoms with van der Waals surface area (Å²) in [6.45, 7) is 0. The Balaban J connectivity index is 2.78. The van der Waals surface area contributed by atoms with Gasteiger partial charge in [-0.3, -0.25) is 0 Å². The van der Waals surface area contributed by atoms with Crippen LogP contribution in [0.1, 0.15) is 30.9 Å². The van der Waals surface area contributed by atoms with Crippen molar-refractivity contribution >= 4 is 23.2 Å². The second-order valence-electron chi connectivity index (χ2n) is 3.60. The highest BCUT2D eigenvalue weighted by atomic mass is 35.5. The Hall–Kier alpha value is -0.680. The van der Waals surface area contributed by atoms with Crippen LogP contribution in [0, 0.1) is 12.3 Å². The van der Waals surface area contributed by atoms with Gasteiger partial charge < -0.3 is 5.32 Å². The molecule has 1 unspecified atom stereocenters. The summed E-state index contributed by atoms with van der Waals surface area (Å²) in [4.78, 5) is 0. The van der Waals surface area contributed by atoms with Crippen molar-refractivity contribution in [2.75, 3.05) is 7.05 Å². The Labute approximate surface area is 107 Å². The summed E-state index contributed by atoms with van der Waals surface area (Å²) in [6.07, 6.45) is 7.96. The van der Waals surface area contributed by atoms with E-state index in [1.807, 2.05) is 19.2 Å². The van der Waals surface area contributed by atoms with Gasteiger partial charge in [0.2, 0.25) is 0 Å². The van der Waals surface area contributed by atoms with E-state index in [0.29, 0.717) is 5.02 Å². The molecular formula is C13H15Cl2N. The van der Waals surface area contributed by atoms with Crippen molar-refractivity contribution in [2.45, 2.75) is 25.3 Å². The van der Waals surface area contributed by atoms with Crippen molar-refractivity contribution in [1.29, 1.82) is 0 Å². The first-order chi connectivity index (χ1) is 7.69. The molecule has 0 spiro atoms. The van der Waals surface area contributed by atoms with Crippen LogP contribution in [0.15, 0.2) is 18.2 Å². The molecule has 0 heterocycles. The summed E-state index contributed by atoms with van der Waals surface area (Å²) in [7, 11) is 1.91. The molecule has 1 atom stereocenters. The number of halogens is 2. The fourth-order valence-corrected chi connectivity index (χ4v) is 2.08. The second-order valence-corrected chi connectivity index (χ2v) is 4.45. The lowest BCUT2D eigenvalue weighted by atomic mass is 10.0. The third kappa shape index (κ3) is 3.72. The lowest BCUT2D eigenvalue weighted by molar-refractivity contribution is 0.532. The molecule has 0 aromatic heterocycles. The van der Waals surface area contributed by atoms with E-state index in [4.69, 9.17) is 29.6 Å². The van der Waals surface area contributed by atoms with Crippen LogP contribution in [-0.4, -0.2) is 7.05 Å². The van der Waals surface area contributed by atoms with E-state index in [9.17, 15) is 0 Å². The Morgan fingerprint density at radius 1 is 1.44 bits per heavy atom. The zero-order chi connectivity index (χ0) is 12.0. The standard InChI is InChI=1S/C13H15Cl2N/c1-3-4-5-6-13(16-2)11-9-10(14)7-8-12(11)15/h1,7-9,13,16H,4-6H2,2H3. The van der Waals surface area contributed by atoms with E-state index >= 15 is 0 Å². The van der Waals surface area contributed by atoms with Crippen LogP contribution in [0.2, 0.25) is 10.0 Å². The fraction of sp³-hybridized carbons (Fsp3) is 0.385. The molecule has 0 aliphatic rings. The van der Waals surface area contributed by atoms with E-state index in [1.165, 1.54) is 0 Å². The quantitative estimate of drug-likeness (QED) is 0.618. The van der Waals surface area contributed by atoms with Gasteiger partial charge in [-0.1, -0.05) is 23.2 Å². The lowest BCUT2D eigenvalue weighted by Crippen LogP contribution is -2.16. The van der Waals surface area contributed by atoms with Gasteiger partial charge in [-0.2, -0.15) is 0 Å². The van der Waals surface area contributed by atoms with Gasteiger partial charge in [-0.15, -0.1) is 12.3 Å². The van der Waals surface area contributed by atoms with Gasteiger partial charge in [0.1, 0.15) is 0 Å². The van der Waals surface area contributed by atoms with Crippen LogP contribution in [-0.2, 0) is 0 Å². The fourth-order valence-electron chi connectivity index (χ4n) is 1.65. The molecule has 0 saturated carbocycles. The first kappa shape index (κ1) is 13.4. The molecule has 1 rings (SSSR count). The molecule has 0 amide bonds. The van der Waals surface area contributed by atoms with Crippen LogP contribution in [0.25, 0.3) is 0 Å². The van der Waals surface area contributed by atoms with Crippen LogP contribution in [0.3, 0.4) is 0 Å². The Morgan fingerprint density at radius 3 is 2.81 bits per heavy atom. The van der Waals surface area contributed by atoms with Gasteiger partial charge in [-0.05, 0) is 43.7 Å². The molecular weight excluding hydrogens is 241 g/mol. The first-order valence-corrected chi connectivity index (χ1v) is 6.00. The van der Waals surface area contributed by atoms with Gasteiger partial charge in [0.15, 0.2) is 0 Å². The van der Waals surface area contributed by atoms with Crippen LogP contribution >= 0.6 is 23.2 Å². The maximum Gasteiger partial charge on any atom is 0.0454 e. The molecule has 86 valence electrons. The topological polar surface area (TPSA) is 12.0 Å². The minimum absolute atomic E-state index is 0.208. The number of unbranched alkanes of at least 4 members (excludes halogenated alkanes) is 1. The van der Waals surface area contributed by atoms with Crippen molar-refractivity contribution in [1.82, 2.24) is 5.32 Å². The summed E-state index contributed by atoms with van der Waals surface area (Å²) in [5.41, 5.74) is 1.04. The number of hydrogen-bond donors (Lipinski definition) is 1. The maximum atomic E-state index is 6.14. The van der Waals surface area contributed by atoms with Gasteiger partial charge in [0, 0.05) is 22.5 Å². The third-order valence-corrected chi connectivity index (χ3v) is 3.08. The molecule has 0 aliphatic carbocycles. The summed E-state index contributed by atoms with van der Waals surface area (Å²) < 4.78 is 0. The number of nitrogens with one attached hydrogen (secondary N) is 1. The second kappa shape index (κ2) is 6.81. The normalized spacial score (nSPS) is 12.1. The number of rotatable bonds is 5. The van der Waals surface area contributed by atoms with E-state index in [2.05, 4.69) is 11.2 Å². The average molecular weight is 256 g/mol.